The van der Waals surface area contributed by atoms with Gasteiger partial charge >= 0.3 is 18.5 Å². The molecule has 0 aliphatic rings. The molecule has 0 atom stereocenters. The third kappa shape index (κ3) is 8.30. The summed E-state index contributed by atoms with van der Waals surface area (Å²) in [4.78, 5) is 5.56. The average molecular weight is 705 g/mol. The molecule has 45 heavy (non-hydrogen) atoms. The molecule has 1 aromatic heterocycles. The third-order valence-corrected chi connectivity index (χ3v) is 7.50. The molecule has 13 heteroatoms. The van der Waals surface area contributed by atoms with Gasteiger partial charge in [0.1, 0.15) is 11.6 Å². The van der Waals surface area contributed by atoms with Crippen LogP contribution in [0.4, 0.5) is 45.3 Å². The van der Waals surface area contributed by atoms with Crippen LogP contribution < -0.4 is 9.64 Å². The van der Waals surface area contributed by atoms with Gasteiger partial charge < -0.3 is 9.64 Å². The van der Waals surface area contributed by atoms with Gasteiger partial charge in [-0.2, -0.15) is 39.5 Å². The summed E-state index contributed by atoms with van der Waals surface area (Å²) in [6.07, 6.45) is -13.5. The fourth-order valence-corrected chi connectivity index (χ4v) is 5.00. The van der Waals surface area contributed by atoms with Crippen LogP contribution in [0.2, 0.25) is 0 Å². The van der Waals surface area contributed by atoms with E-state index in [1.165, 1.54) is 30.3 Å². The summed E-state index contributed by atoms with van der Waals surface area (Å²) in [5.41, 5.74) is -2.60. The van der Waals surface area contributed by atoms with Crippen LogP contribution in [0, 0.1) is 0 Å². The number of benzene rings is 3. The Morgan fingerprint density at radius 3 is 1.84 bits per heavy atom. The van der Waals surface area contributed by atoms with Crippen LogP contribution >= 0.6 is 15.9 Å². The van der Waals surface area contributed by atoms with E-state index in [-0.39, 0.29) is 35.5 Å². The second-order valence-corrected chi connectivity index (χ2v) is 11.5. The SMILES string of the molecule is COc1ccc(C(C)C)cc1-c1ccc(C(F)(F)F)cc1CN(Cc1cc(C(F)(F)F)cc(C(F)(F)F)c1)c1ccc(Br)cn1. The zero-order chi connectivity index (χ0) is 33.3. The Morgan fingerprint density at radius 2 is 1.33 bits per heavy atom. The molecule has 4 aromatic rings. The first kappa shape index (κ1) is 34.1. The fraction of sp³-hybridized carbons (Fsp3) is 0.281. The van der Waals surface area contributed by atoms with Crippen molar-refractivity contribution in [3.8, 4) is 16.9 Å². The Kier molecular flexibility index (Phi) is 9.81. The Labute approximate surface area is 261 Å². The Hall–Kier alpha value is -3.74. The number of rotatable bonds is 8. The first-order valence-corrected chi connectivity index (χ1v) is 14.2. The largest absolute Gasteiger partial charge is 0.496 e. The number of methoxy groups -OCH3 is 1. The molecule has 240 valence electrons. The lowest BCUT2D eigenvalue weighted by atomic mass is 9.92. The second-order valence-electron chi connectivity index (χ2n) is 10.6. The van der Waals surface area contributed by atoms with E-state index < -0.39 is 41.8 Å². The summed E-state index contributed by atoms with van der Waals surface area (Å²) in [7, 11) is 1.40. The van der Waals surface area contributed by atoms with Crippen molar-refractivity contribution >= 4 is 21.7 Å². The summed E-state index contributed by atoms with van der Waals surface area (Å²) in [5.74, 6) is 0.525. The summed E-state index contributed by atoms with van der Waals surface area (Å²) < 4.78 is 130. The number of alkyl halides is 9. The average Bonchev–Trinajstić information content (AvgIpc) is 2.95. The van der Waals surface area contributed by atoms with Crippen LogP contribution in [0.5, 0.6) is 5.75 Å². The molecule has 0 fully saturated rings. The number of pyridine rings is 1. The number of anilines is 1. The highest BCUT2D eigenvalue weighted by Crippen LogP contribution is 2.40. The molecule has 0 saturated carbocycles. The van der Waals surface area contributed by atoms with Gasteiger partial charge in [0.2, 0.25) is 0 Å². The minimum atomic E-state index is -5.08. The summed E-state index contributed by atoms with van der Waals surface area (Å²) in [6, 6.07) is 12.6. The molecule has 0 aliphatic heterocycles. The summed E-state index contributed by atoms with van der Waals surface area (Å²) in [6.45, 7) is 2.97. The van der Waals surface area contributed by atoms with Gasteiger partial charge in [-0.1, -0.05) is 26.0 Å². The maximum Gasteiger partial charge on any atom is 0.416 e. The topological polar surface area (TPSA) is 25.4 Å². The molecule has 0 radical (unpaired) electrons. The molecule has 0 N–H and O–H groups in total. The van der Waals surface area contributed by atoms with Crippen molar-refractivity contribution in [1.82, 2.24) is 4.98 Å². The number of ether oxygens (including phenoxy) is 1. The molecule has 0 unspecified atom stereocenters. The first-order valence-electron chi connectivity index (χ1n) is 13.4. The molecule has 0 saturated heterocycles. The standard InChI is InChI=1S/C32H26BrF9N2O/c1-18(2)20-4-8-28(45-3)27(13-20)26-7-5-22(30(34,35)36)12-21(26)17-44(29-9-6-25(33)15-43-29)16-19-10-23(31(37,38)39)14-24(11-19)32(40,41)42/h4-15,18H,16-17H2,1-3H3. The van der Waals surface area contributed by atoms with E-state index in [2.05, 4.69) is 20.9 Å². The van der Waals surface area contributed by atoms with Gasteiger partial charge in [0, 0.05) is 29.3 Å². The fourth-order valence-electron chi connectivity index (χ4n) is 4.77. The quantitative estimate of drug-likeness (QED) is 0.171. The number of hydrogen-bond acceptors (Lipinski definition) is 3. The Balaban J connectivity index is 1.92. The summed E-state index contributed by atoms with van der Waals surface area (Å²) >= 11 is 3.23. The van der Waals surface area contributed by atoms with Crippen LogP contribution in [0.25, 0.3) is 11.1 Å². The predicted octanol–water partition coefficient (Wildman–Crippen LogP) is 10.9. The highest BCUT2D eigenvalue weighted by Gasteiger charge is 2.37. The van der Waals surface area contributed by atoms with Crippen molar-refractivity contribution in [2.75, 3.05) is 12.0 Å². The van der Waals surface area contributed by atoms with E-state index in [4.69, 9.17) is 4.74 Å². The van der Waals surface area contributed by atoms with E-state index in [9.17, 15) is 39.5 Å². The van der Waals surface area contributed by atoms with Gasteiger partial charge in [0.05, 0.1) is 23.8 Å². The number of hydrogen-bond donors (Lipinski definition) is 0. The monoisotopic (exact) mass is 704 g/mol. The van der Waals surface area contributed by atoms with E-state index in [0.29, 0.717) is 33.5 Å². The summed E-state index contributed by atoms with van der Waals surface area (Å²) in [5, 5.41) is 0. The van der Waals surface area contributed by atoms with Gasteiger partial charge in [0.25, 0.3) is 0 Å². The molecule has 0 bridgehead atoms. The third-order valence-electron chi connectivity index (χ3n) is 7.03. The second kappa shape index (κ2) is 12.9. The van der Waals surface area contributed by atoms with Crippen LogP contribution in [-0.2, 0) is 31.6 Å². The number of halogens is 10. The zero-order valence-corrected chi connectivity index (χ0v) is 25.6. The maximum atomic E-state index is 13.9. The Morgan fingerprint density at radius 1 is 0.711 bits per heavy atom. The normalized spacial score (nSPS) is 12.5. The lowest BCUT2D eigenvalue weighted by Gasteiger charge is -2.27. The highest BCUT2D eigenvalue weighted by molar-refractivity contribution is 9.10. The molecular formula is C32H26BrF9N2O. The smallest absolute Gasteiger partial charge is 0.416 e. The van der Waals surface area contributed by atoms with Crippen LogP contribution in [0.3, 0.4) is 0 Å². The minimum absolute atomic E-state index is 0.0185. The van der Waals surface area contributed by atoms with Crippen LogP contribution in [0.15, 0.2) is 77.4 Å². The van der Waals surface area contributed by atoms with Gasteiger partial charge in [-0.15, -0.1) is 0 Å². The molecule has 3 aromatic carbocycles. The van der Waals surface area contributed by atoms with Crippen molar-refractivity contribution in [1.29, 1.82) is 0 Å². The maximum absolute atomic E-state index is 13.9. The van der Waals surface area contributed by atoms with Crippen molar-refractivity contribution in [3.63, 3.8) is 0 Å². The molecule has 1 heterocycles. The van der Waals surface area contributed by atoms with Gasteiger partial charge in [-0.3, -0.25) is 0 Å². The lowest BCUT2D eigenvalue weighted by molar-refractivity contribution is -0.143. The zero-order valence-electron chi connectivity index (χ0n) is 24.0. The van der Waals surface area contributed by atoms with E-state index in [1.54, 1.807) is 18.2 Å². The van der Waals surface area contributed by atoms with Gasteiger partial charge in [-0.25, -0.2) is 4.98 Å². The van der Waals surface area contributed by atoms with Crippen molar-refractivity contribution < 1.29 is 44.3 Å². The first-order chi connectivity index (χ1) is 20.9. The molecule has 3 nitrogen and oxygen atoms in total. The van der Waals surface area contributed by atoms with Crippen molar-refractivity contribution in [3.05, 3.63) is 111 Å². The molecule has 0 aliphatic carbocycles. The van der Waals surface area contributed by atoms with E-state index >= 15 is 0 Å². The predicted molar refractivity (Wildman–Crippen MR) is 156 cm³/mol. The van der Waals surface area contributed by atoms with E-state index in [1.807, 2.05) is 19.9 Å². The van der Waals surface area contributed by atoms with Crippen LogP contribution in [-0.4, -0.2) is 12.1 Å². The van der Waals surface area contributed by atoms with Gasteiger partial charge in [-0.05, 0) is 98.7 Å². The number of aromatic nitrogens is 1. The van der Waals surface area contributed by atoms with Crippen molar-refractivity contribution in [2.24, 2.45) is 0 Å². The molecule has 0 amide bonds. The van der Waals surface area contributed by atoms with Gasteiger partial charge in [0.15, 0.2) is 0 Å². The van der Waals surface area contributed by atoms with Crippen molar-refractivity contribution in [2.45, 2.75) is 51.4 Å². The highest BCUT2D eigenvalue weighted by atomic mass is 79.9. The Bertz CT molecular complexity index is 1610. The number of nitrogens with zero attached hydrogens (tertiary/aromatic N) is 2. The molecular weight excluding hydrogens is 679 g/mol. The molecule has 0 spiro atoms. The minimum Gasteiger partial charge on any atom is -0.496 e. The van der Waals surface area contributed by atoms with E-state index in [0.717, 1.165) is 17.7 Å². The lowest BCUT2D eigenvalue weighted by Crippen LogP contribution is -2.24. The molecule has 4 rings (SSSR count). The van der Waals surface area contributed by atoms with Crippen LogP contribution in [0.1, 0.15) is 53.1 Å².